The van der Waals surface area contributed by atoms with Gasteiger partial charge in [-0.3, -0.25) is 4.79 Å². The number of carbonyl (C=O) groups is 1. The average Bonchev–Trinajstić information content (AvgIpc) is 2.38. The van der Waals surface area contributed by atoms with Gasteiger partial charge in [-0.1, -0.05) is 19.1 Å². The lowest BCUT2D eigenvalue weighted by Crippen LogP contribution is -2.37. The molecule has 1 aromatic heterocycles. The smallest absolute Gasteiger partial charge is 0.257 e. The predicted octanol–water partition coefficient (Wildman–Crippen LogP) is 2.14. The molecule has 0 saturated carbocycles. The van der Waals surface area contributed by atoms with Gasteiger partial charge < -0.3 is 4.90 Å². The van der Waals surface area contributed by atoms with Crippen LogP contribution in [0.4, 0.5) is 0 Å². The van der Waals surface area contributed by atoms with Crippen molar-refractivity contribution in [1.82, 2.24) is 14.9 Å². The van der Waals surface area contributed by atoms with Crippen LogP contribution in [0.2, 0.25) is 0 Å². The number of hydrogen-bond donors (Lipinski definition) is 0. The van der Waals surface area contributed by atoms with Crippen molar-refractivity contribution in [3.05, 3.63) is 35.4 Å². The number of amides is 1. The van der Waals surface area contributed by atoms with Gasteiger partial charge in [-0.2, -0.15) is 0 Å². The highest BCUT2D eigenvalue weighted by atomic mass is 16.2. The topological polar surface area (TPSA) is 46.1 Å². The lowest BCUT2D eigenvalue weighted by atomic mass is 10.0. The van der Waals surface area contributed by atoms with E-state index in [4.69, 9.17) is 0 Å². The lowest BCUT2D eigenvalue weighted by Gasteiger charge is -2.28. The fourth-order valence-corrected chi connectivity index (χ4v) is 2.25. The number of nitrogens with zero attached hydrogens (tertiary/aromatic N) is 3. The minimum absolute atomic E-state index is 0.0671. The molecule has 0 aromatic carbocycles. The van der Waals surface area contributed by atoms with E-state index in [1.807, 2.05) is 18.7 Å². The zero-order chi connectivity index (χ0) is 13.1. The Hall–Kier alpha value is -1.71. The summed E-state index contributed by atoms with van der Waals surface area (Å²) >= 11 is 0. The van der Waals surface area contributed by atoms with Crippen molar-refractivity contribution < 1.29 is 4.79 Å². The Morgan fingerprint density at radius 2 is 2.06 bits per heavy atom. The van der Waals surface area contributed by atoms with Crippen molar-refractivity contribution in [2.75, 3.05) is 13.1 Å². The third-order valence-corrected chi connectivity index (χ3v) is 3.42. The van der Waals surface area contributed by atoms with Gasteiger partial charge in [-0.15, -0.1) is 0 Å². The Morgan fingerprint density at radius 3 is 2.67 bits per heavy atom. The maximum Gasteiger partial charge on any atom is 0.257 e. The summed E-state index contributed by atoms with van der Waals surface area (Å²) in [5.41, 5.74) is 3.54. The van der Waals surface area contributed by atoms with Crippen LogP contribution in [-0.4, -0.2) is 33.9 Å². The third-order valence-electron chi connectivity index (χ3n) is 3.42. The van der Waals surface area contributed by atoms with Gasteiger partial charge in [0.1, 0.15) is 6.33 Å². The van der Waals surface area contributed by atoms with Gasteiger partial charge >= 0.3 is 0 Å². The Labute approximate surface area is 108 Å². The van der Waals surface area contributed by atoms with Crippen LogP contribution in [0.25, 0.3) is 0 Å². The van der Waals surface area contributed by atoms with Gasteiger partial charge in [-0.25, -0.2) is 9.97 Å². The SMILES string of the molecule is C=C1CCN(C(=O)c2c(C)ncnc2CC)CC1. The first-order valence-electron chi connectivity index (χ1n) is 6.40. The van der Waals surface area contributed by atoms with E-state index in [9.17, 15) is 4.79 Å². The summed E-state index contributed by atoms with van der Waals surface area (Å²) in [4.78, 5) is 22.8. The van der Waals surface area contributed by atoms with Crippen LogP contribution in [0, 0.1) is 6.92 Å². The molecule has 4 heteroatoms. The molecule has 4 nitrogen and oxygen atoms in total. The van der Waals surface area contributed by atoms with E-state index >= 15 is 0 Å². The van der Waals surface area contributed by atoms with E-state index < -0.39 is 0 Å². The first kappa shape index (κ1) is 12.7. The van der Waals surface area contributed by atoms with E-state index in [0.29, 0.717) is 5.56 Å². The minimum atomic E-state index is 0.0671. The number of likely N-dealkylation sites (tertiary alicyclic amines) is 1. The van der Waals surface area contributed by atoms with Crippen LogP contribution in [0.1, 0.15) is 41.5 Å². The predicted molar refractivity (Wildman–Crippen MR) is 70.4 cm³/mol. The van der Waals surface area contributed by atoms with Crippen molar-refractivity contribution in [1.29, 1.82) is 0 Å². The maximum absolute atomic E-state index is 12.5. The zero-order valence-electron chi connectivity index (χ0n) is 11.1. The first-order chi connectivity index (χ1) is 8.63. The number of aromatic nitrogens is 2. The van der Waals surface area contributed by atoms with Crippen LogP contribution in [-0.2, 0) is 6.42 Å². The van der Waals surface area contributed by atoms with Crippen molar-refractivity contribution >= 4 is 5.91 Å². The molecule has 18 heavy (non-hydrogen) atoms. The fraction of sp³-hybridized carbons (Fsp3) is 0.500. The summed E-state index contributed by atoms with van der Waals surface area (Å²) in [5.74, 6) is 0.0671. The number of rotatable bonds is 2. The molecule has 0 atom stereocenters. The molecule has 1 amide bonds. The van der Waals surface area contributed by atoms with Gasteiger partial charge in [0.2, 0.25) is 0 Å². The molecular formula is C14H19N3O. The molecule has 1 aliphatic heterocycles. The molecule has 0 aliphatic carbocycles. The summed E-state index contributed by atoms with van der Waals surface area (Å²) in [6, 6.07) is 0. The quantitative estimate of drug-likeness (QED) is 0.750. The summed E-state index contributed by atoms with van der Waals surface area (Å²) in [6.07, 6.45) is 4.09. The highest BCUT2D eigenvalue weighted by Gasteiger charge is 2.23. The van der Waals surface area contributed by atoms with E-state index in [2.05, 4.69) is 16.5 Å². The maximum atomic E-state index is 12.5. The van der Waals surface area contributed by atoms with Gasteiger partial charge in [-0.05, 0) is 26.2 Å². The highest BCUT2D eigenvalue weighted by Crippen LogP contribution is 2.19. The summed E-state index contributed by atoms with van der Waals surface area (Å²) in [6.45, 7) is 9.37. The molecule has 1 aromatic rings. The highest BCUT2D eigenvalue weighted by molar-refractivity contribution is 5.96. The van der Waals surface area contributed by atoms with E-state index in [-0.39, 0.29) is 5.91 Å². The fourth-order valence-electron chi connectivity index (χ4n) is 2.25. The second kappa shape index (κ2) is 5.29. The largest absolute Gasteiger partial charge is 0.338 e. The van der Waals surface area contributed by atoms with Gasteiger partial charge in [0.15, 0.2) is 0 Å². The molecule has 0 N–H and O–H groups in total. The van der Waals surface area contributed by atoms with Gasteiger partial charge in [0, 0.05) is 13.1 Å². The summed E-state index contributed by atoms with van der Waals surface area (Å²) in [7, 11) is 0. The minimum Gasteiger partial charge on any atom is -0.338 e. The molecule has 2 heterocycles. The molecule has 96 valence electrons. The molecule has 1 saturated heterocycles. The van der Waals surface area contributed by atoms with Crippen molar-refractivity contribution in [3.63, 3.8) is 0 Å². The second-order valence-corrected chi connectivity index (χ2v) is 4.68. The van der Waals surface area contributed by atoms with Crippen LogP contribution >= 0.6 is 0 Å². The zero-order valence-corrected chi connectivity index (χ0v) is 11.1. The Bertz CT molecular complexity index is 472. The molecule has 1 fully saturated rings. The van der Waals surface area contributed by atoms with E-state index in [1.54, 1.807) is 0 Å². The van der Waals surface area contributed by atoms with Crippen molar-refractivity contribution in [3.8, 4) is 0 Å². The normalized spacial score (nSPS) is 15.9. The Morgan fingerprint density at radius 1 is 1.39 bits per heavy atom. The lowest BCUT2D eigenvalue weighted by molar-refractivity contribution is 0.0741. The van der Waals surface area contributed by atoms with E-state index in [0.717, 1.165) is 43.7 Å². The number of carbonyl (C=O) groups excluding carboxylic acids is 1. The van der Waals surface area contributed by atoms with Crippen LogP contribution in [0.5, 0.6) is 0 Å². The third kappa shape index (κ3) is 2.42. The molecule has 0 bridgehead atoms. The van der Waals surface area contributed by atoms with E-state index in [1.165, 1.54) is 11.9 Å². The molecular weight excluding hydrogens is 226 g/mol. The monoisotopic (exact) mass is 245 g/mol. The average molecular weight is 245 g/mol. The molecule has 0 radical (unpaired) electrons. The summed E-state index contributed by atoms with van der Waals surface area (Å²) in [5, 5.41) is 0. The number of hydrogen-bond acceptors (Lipinski definition) is 3. The van der Waals surface area contributed by atoms with Crippen molar-refractivity contribution in [2.24, 2.45) is 0 Å². The summed E-state index contributed by atoms with van der Waals surface area (Å²) < 4.78 is 0. The van der Waals surface area contributed by atoms with Gasteiger partial charge in [0.25, 0.3) is 5.91 Å². The molecule has 2 rings (SSSR count). The Kier molecular flexibility index (Phi) is 3.75. The van der Waals surface area contributed by atoms with Crippen molar-refractivity contribution in [2.45, 2.75) is 33.1 Å². The van der Waals surface area contributed by atoms with Crippen LogP contribution in [0.3, 0.4) is 0 Å². The molecule has 0 unspecified atom stereocenters. The first-order valence-corrected chi connectivity index (χ1v) is 6.40. The number of aryl methyl sites for hydroxylation is 2. The van der Waals surface area contributed by atoms with Crippen LogP contribution < -0.4 is 0 Å². The number of piperidine rings is 1. The molecule has 0 spiro atoms. The second-order valence-electron chi connectivity index (χ2n) is 4.68. The Balaban J connectivity index is 2.26. The molecule has 1 aliphatic rings. The standard InChI is InChI=1S/C14H19N3O/c1-4-12-13(11(3)15-9-16-12)14(18)17-7-5-10(2)6-8-17/h9H,2,4-8H2,1,3H3. The van der Waals surface area contributed by atoms with Gasteiger partial charge in [0.05, 0.1) is 17.0 Å². The van der Waals surface area contributed by atoms with Crippen LogP contribution in [0.15, 0.2) is 18.5 Å².